The third-order valence-electron chi connectivity index (χ3n) is 2.39. The molecule has 0 aromatic heterocycles. The highest BCUT2D eigenvalue weighted by Crippen LogP contribution is 2.22. The standard InChI is InChI=1S/C13H14FNO2S/c1-9(5-13(16)17-2)18-8-11-4-3-10(7-15)6-12(11)14/h3-4,6,9H,5,8H2,1-2H3/t9-/m1/s1. The van der Waals surface area contributed by atoms with Crippen LogP contribution in [0.1, 0.15) is 24.5 Å². The van der Waals surface area contributed by atoms with E-state index in [0.717, 1.165) is 0 Å². The van der Waals surface area contributed by atoms with Crippen molar-refractivity contribution in [3.8, 4) is 6.07 Å². The van der Waals surface area contributed by atoms with Crippen LogP contribution in [0.3, 0.4) is 0 Å². The van der Waals surface area contributed by atoms with Crippen LogP contribution >= 0.6 is 11.8 Å². The van der Waals surface area contributed by atoms with Crippen molar-refractivity contribution in [3.63, 3.8) is 0 Å². The fraction of sp³-hybridized carbons (Fsp3) is 0.385. The maximum absolute atomic E-state index is 13.6. The second-order valence-electron chi connectivity index (χ2n) is 3.82. The first-order chi connectivity index (χ1) is 8.56. The second-order valence-corrected chi connectivity index (χ2v) is 5.25. The molecule has 0 bridgehead atoms. The van der Waals surface area contributed by atoms with Gasteiger partial charge in [0.15, 0.2) is 0 Å². The van der Waals surface area contributed by atoms with Crippen LogP contribution in [0.5, 0.6) is 0 Å². The number of halogens is 1. The lowest BCUT2D eigenvalue weighted by atomic mass is 10.1. The molecule has 3 nitrogen and oxygen atoms in total. The molecule has 0 radical (unpaired) electrons. The zero-order valence-electron chi connectivity index (χ0n) is 10.3. The number of benzene rings is 1. The summed E-state index contributed by atoms with van der Waals surface area (Å²) < 4.78 is 18.1. The quantitative estimate of drug-likeness (QED) is 0.770. The van der Waals surface area contributed by atoms with E-state index in [2.05, 4.69) is 4.74 Å². The Bertz CT molecular complexity index is 471. The van der Waals surface area contributed by atoms with Crippen LogP contribution in [0.4, 0.5) is 4.39 Å². The van der Waals surface area contributed by atoms with E-state index >= 15 is 0 Å². The van der Waals surface area contributed by atoms with Gasteiger partial charge in [-0.1, -0.05) is 13.0 Å². The van der Waals surface area contributed by atoms with Crippen LogP contribution < -0.4 is 0 Å². The Morgan fingerprint density at radius 1 is 1.61 bits per heavy atom. The molecular weight excluding hydrogens is 253 g/mol. The van der Waals surface area contributed by atoms with Crippen molar-refractivity contribution < 1.29 is 13.9 Å². The number of nitriles is 1. The minimum absolute atomic E-state index is 0.0625. The Kier molecular flexibility index (Phi) is 5.66. The average Bonchev–Trinajstić information content (AvgIpc) is 2.36. The lowest BCUT2D eigenvalue weighted by Crippen LogP contribution is -2.08. The molecule has 0 aliphatic heterocycles. The number of nitrogens with zero attached hydrogens (tertiary/aromatic N) is 1. The van der Waals surface area contributed by atoms with Gasteiger partial charge in [-0.3, -0.25) is 4.79 Å². The molecular formula is C13H14FNO2S. The van der Waals surface area contributed by atoms with E-state index in [0.29, 0.717) is 23.3 Å². The van der Waals surface area contributed by atoms with Gasteiger partial charge in [0.05, 0.1) is 25.2 Å². The molecule has 0 unspecified atom stereocenters. The number of ether oxygens (including phenoxy) is 1. The van der Waals surface area contributed by atoms with Crippen LogP contribution in [0, 0.1) is 17.1 Å². The maximum atomic E-state index is 13.6. The molecule has 0 aliphatic carbocycles. The molecule has 1 rings (SSSR count). The molecule has 0 saturated heterocycles. The minimum Gasteiger partial charge on any atom is -0.469 e. The van der Waals surface area contributed by atoms with Gasteiger partial charge < -0.3 is 4.74 Å². The Labute approximate surface area is 110 Å². The summed E-state index contributed by atoms with van der Waals surface area (Å²) in [7, 11) is 1.35. The van der Waals surface area contributed by atoms with Gasteiger partial charge in [0, 0.05) is 11.0 Å². The van der Waals surface area contributed by atoms with E-state index < -0.39 is 0 Å². The van der Waals surface area contributed by atoms with Crippen molar-refractivity contribution in [2.45, 2.75) is 24.3 Å². The van der Waals surface area contributed by atoms with Gasteiger partial charge >= 0.3 is 5.97 Å². The summed E-state index contributed by atoms with van der Waals surface area (Å²) in [5.41, 5.74) is 0.847. The third-order valence-corrected chi connectivity index (χ3v) is 3.60. The first-order valence-electron chi connectivity index (χ1n) is 5.43. The second kappa shape index (κ2) is 7.02. The predicted molar refractivity (Wildman–Crippen MR) is 68.5 cm³/mol. The molecule has 96 valence electrons. The normalized spacial score (nSPS) is 11.7. The van der Waals surface area contributed by atoms with Crippen molar-refractivity contribution >= 4 is 17.7 Å². The number of rotatable bonds is 5. The molecule has 5 heteroatoms. The maximum Gasteiger partial charge on any atom is 0.306 e. The molecule has 0 saturated carbocycles. The molecule has 1 aromatic carbocycles. The summed E-state index contributed by atoms with van der Waals surface area (Å²) in [6.07, 6.45) is 0.305. The molecule has 0 amide bonds. The van der Waals surface area contributed by atoms with Gasteiger partial charge in [0.2, 0.25) is 0 Å². The summed E-state index contributed by atoms with van der Waals surface area (Å²) in [6.45, 7) is 1.89. The third kappa shape index (κ3) is 4.38. The van der Waals surface area contributed by atoms with E-state index in [1.54, 1.807) is 12.1 Å². The minimum atomic E-state index is -0.383. The van der Waals surface area contributed by atoms with E-state index in [-0.39, 0.29) is 17.0 Å². The number of methoxy groups -OCH3 is 1. The zero-order valence-corrected chi connectivity index (χ0v) is 11.1. The summed E-state index contributed by atoms with van der Waals surface area (Å²) in [4.78, 5) is 11.0. The topological polar surface area (TPSA) is 50.1 Å². The van der Waals surface area contributed by atoms with Crippen molar-refractivity contribution in [1.29, 1.82) is 5.26 Å². The lowest BCUT2D eigenvalue weighted by Gasteiger charge is -2.10. The Morgan fingerprint density at radius 3 is 2.89 bits per heavy atom. The molecule has 1 aromatic rings. The van der Waals surface area contributed by atoms with E-state index in [4.69, 9.17) is 5.26 Å². The van der Waals surface area contributed by atoms with Crippen LogP contribution in [0.2, 0.25) is 0 Å². The highest BCUT2D eigenvalue weighted by atomic mass is 32.2. The van der Waals surface area contributed by atoms with Gasteiger partial charge in [-0.25, -0.2) is 4.39 Å². The predicted octanol–water partition coefficient (Wildman–Crippen LogP) is 2.88. The Balaban J connectivity index is 2.54. The molecule has 1 atom stereocenters. The van der Waals surface area contributed by atoms with E-state index in [1.807, 2.05) is 13.0 Å². The largest absolute Gasteiger partial charge is 0.469 e. The Hall–Kier alpha value is -1.54. The van der Waals surface area contributed by atoms with Gasteiger partial charge in [-0.15, -0.1) is 0 Å². The highest BCUT2D eigenvalue weighted by molar-refractivity contribution is 7.99. The molecule has 0 N–H and O–H groups in total. The first-order valence-corrected chi connectivity index (χ1v) is 6.48. The number of thioether (sulfide) groups is 1. The molecule has 18 heavy (non-hydrogen) atoms. The van der Waals surface area contributed by atoms with Gasteiger partial charge in [0.1, 0.15) is 5.82 Å². The van der Waals surface area contributed by atoms with Crippen LogP contribution in [-0.2, 0) is 15.3 Å². The van der Waals surface area contributed by atoms with Crippen LogP contribution in [0.15, 0.2) is 18.2 Å². The van der Waals surface area contributed by atoms with E-state index in [9.17, 15) is 9.18 Å². The van der Waals surface area contributed by atoms with Crippen LogP contribution in [0.25, 0.3) is 0 Å². The van der Waals surface area contributed by atoms with Crippen molar-refractivity contribution in [3.05, 3.63) is 35.1 Å². The first kappa shape index (κ1) is 14.5. The van der Waals surface area contributed by atoms with Crippen molar-refractivity contribution in [2.24, 2.45) is 0 Å². The van der Waals surface area contributed by atoms with Crippen molar-refractivity contribution in [2.75, 3.05) is 7.11 Å². The van der Waals surface area contributed by atoms with Crippen LogP contribution in [-0.4, -0.2) is 18.3 Å². The molecule has 0 fully saturated rings. The lowest BCUT2D eigenvalue weighted by molar-refractivity contribution is -0.140. The molecule has 0 aliphatic rings. The molecule has 0 heterocycles. The number of hydrogen-bond acceptors (Lipinski definition) is 4. The Morgan fingerprint density at radius 2 is 2.33 bits per heavy atom. The van der Waals surface area contributed by atoms with Gasteiger partial charge in [-0.2, -0.15) is 17.0 Å². The fourth-order valence-electron chi connectivity index (χ4n) is 1.34. The highest BCUT2D eigenvalue weighted by Gasteiger charge is 2.11. The summed E-state index contributed by atoms with van der Waals surface area (Å²) in [6, 6.07) is 6.30. The average molecular weight is 267 g/mol. The fourth-order valence-corrected chi connectivity index (χ4v) is 2.30. The molecule has 0 spiro atoms. The summed E-state index contributed by atoms with van der Waals surface area (Å²) in [5, 5.41) is 8.69. The monoisotopic (exact) mass is 267 g/mol. The SMILES string of the molecule is COC(=O)C[C@@H](C)SCc1ccc(C#N)cc1F. The number of carbonyl (C=O) groups excluding carboxylic acids is 1. The smallest absolute Gasteiger partial charge is 0.306 e. The van der Waals surface area contributed by atoms with Crippen molar-refractivity contribution in [1.82, 2.24) is 0 Å². The number of esters is 1. The van der Waals surface area contributed by atoms with Gasteiger partial charge in [-0.05, 0) is 17.7 Å². The van der Waals surface area contributed by atoms with Gasteiger partial charge in [0.25, 0.3) is 0 Å². The summed E-state index contributed by atoms with van der Waals surface area (Å²) >= 11 is 1.48. The number of carbonyl (C=O) groups is 1. The summed E-state index contributed by atoms with van der Waals surface area (Å²) in [5.74, 6) is -0.183. The van der Waals surface area contributed by atoms with E-state index in [1.165, 1.54) is 24.9 Å². The number of hydrogen-bond donors (Lipinski definition) is 0. The zero-order chi connectivity index (χ0) is 13.5.